The van der Waals surface area contributed by atoms with Crippen LogP contribution in [0.25, 0.3) is 0 Å². The molecule has 1 aromatic heterocycles. The number of anilines is 1. The van der Waals surface area contributed by atoms with Crippen LogP contribution in [0.15, 0.2) is 58.0 Å². The Labute approximate surface area is 186 Å². The molecule has 0 fully saturated rings. The number of nitrogens with one attached hydrogen (secondary N) is 2. The van der Waals surface area contributed by atoms with Crippen LogP contribution in [0.2, 0.25) is 0 Å². The monoisotopic (exact) mass is 431 g/mol. The summed E-state index contributed by atoms with van der Waals surface area (Å²) in [7, 11) is 1.55. The van der Waals surface area contributed by atoms with E-state index in [2.05, 4.69) is 15.8 Å². The van der Waals surface area contributed by atoms with Crippen LogP contribution in [0.1, 0.15) is 56.2 Å². The van der Waals surface area contributed by atoms with Crippen LogP contribution in [-0.2, 0) is 6.42 Å². The van der Waals surface area contributed by atoms with Gasteiger partial charge in [-0.1, -0.05) is 18.2 Å². The van der Waals surface area contributed by atoms with Crippen LogP contribution in [-0.4, -0.2) is 24.6 Å². The number of aryl methyl sites for hydroxylation is 2. The Morgan fingerprint density at radius 2 is 1.84 bits per heavy atom. The van der Waals surface area contributed by atoms with Gasteiger partial charge in [0.15, 0.2) is 5.76 Å². The smallest absolute Gasteiger partial charge is 0.291 e. The first-order chi connectivity index (χ1) is 15.5. The Kier molecular flexibility index (Phi) is 6.07. The maximum Gasteiger partial charge on any atom is 0.291 e. The van der Waals surface area contributed by atoms with Gasteiger partial charge in [-0.3, -0.25) is 9.59 Å². The average molecular weight is 431 g/mol. The standard InChI is InChI=1S/C25H25N3O4/c1-15-7-4-9-18(13-15)26-25(30)23-16(2)22-20(11-6-12-21(22)32-23)27-28-24(29)17-8-5-10-19(14-17)31-3/h4-5,7-10,13-14H,6,11-12H2,1-3H3,(H,26,30)(H,28,29)/b27-20+. The average Bonchev–Trinajstić information content (AvgIpc) is 3.14. The molecule has 7 nitrogen and oxygen atoms in total. The van der Waals surface area contributed by atoms with Crippen molar-refractivity contribution in [3.63, 3.8) is 0 Å². The van der Waals surface area contributed by atoms with Crippen molar-refractivity contribution in [3.05, 3.63) is 82.3 Å². The van der Waals surface area contributed by atoms with Crippen LogP contribution in [0.3, 0.4) is 0 Å². The topological polar surface area (TPSA) is 92.9 Å². The Morgan fingerprint density at radius 1 is 1.03 bits per heavy atom. The number of ether oxygens (including phenoxy) is 1. The molecule has 2 N–H and O–H groups in total. The van der Waals surface area contributed by atoms with E-state index in [0.717, 1.165) is 35.3 Å². The van der Waals surface area contributed by atoms with E-state index >= 15 is 0 Å². The molecule has 0 saturated carbocycles. The second-order valence-electron chi connectivity index (χ2n) is 7.76. The molecule has 32 heavy (non-hydrogen) atoms. The third-order valence-corrected chi connectivity index (χ3v) is 5.43. The summed E-state index contributed by atoms with van der Waals surface area (Å²) in [5, 5.41) is 7.26. The van der Waals surface area contributed by atoms with Gasteiger partial charge in [0.2, 0.25) is 0 Å². The van der Waals surface area contributed by atoms with E-state index in [4.69, 9.17) is 9.15 Å². The molecule has 1 heterocycles. The molecular formula is C25H25N3O4. The third-order valence-electron chi connectivity index (χ3n) is 5.43. The summed E-state index contributed by atoms with van der Waals surface area (Å²) in [6, 6.07) is 14.5. The van der Waals surface area contributed by atoms with Crippen LogP contribution >= 0.6 is 0 Å². The van der Waals surface area contributed by atoms with Crippen molar-refractivity contribution in [2.24, 2.45) is 5.10 Å². The molecule has 0 spiro atoms. The molecule has 0 bridgehead atoms. The number of nitrogens with zero attached hydrogens (tertiary/aromatic N) is 1. The van der Waals surface area contributed by atoms with Gasteiger partial charge in [0.05, 0.1) is 12.8 Å². The number of hydrogen-bond acceptors (Lipinski definition) is 5. The van der Waals surface area contributed by atoms with Gasteiger partial charge in [0, 0.05) is 28.8 Å². The minimum atomic E-state index is -0.331. The molecule has 0 atom stereocenters. The van der Waals surface area contributed by atoms with Crippen LogP contribution in [0, 0.1) is 13.8 Å². The summed E-state index contributed by atoms with van der Waals surface area (Å²) >= 11 is 0. The van der Waals surface area contributed by atoms with Gasteiger partial charge in [-0.2, -0.15) is 5.10 Å². The summed E-state index contributed by atoms with van der Waals surface area (Å²) in [6.07, 6.45) is 2.23. The lowest BCUT2D eigenvalue weighted by Crippen LogP contribution is -2.22. The maximum atomic E-state index is 12.9. The predicted octanol–water partition coefficient (Wildman–Crippen LogP) is 4.63. The highest BCUT2D eigenvalue weighted by Gasteiger charge is 2.28. The zero-order valence-electron chi connectivity index (χ0n) is 18.3. The van der Waals surface area contributed by atoms with E-state index in [0.29, 0.717) is 29.1 Å². The molecule has 0 aliphatic heterocycles. The summed E-state index contributed by atoms with van der Waals surface area (Å²) < 4.78 is 11.1. The van der Waals surface area contributed by atoms with Gasteiger partial charge in [-0.05, 0) is 62.6 Å². The van der Waals surface area contributed by atoms with Crippen molar-refractivity contribution >= 4 is 23.2 Å². The van der Waals surface area contributed by atoms with E-state index in [9.17, 15) is 9.59 Å². The molecule has 0 saturated heterocycles. The molecule has 1 aliphatic rings. The minimum absolute atomic E-state index is 0.269. The van der Waals surface area contributed by atoms with Gasteiger partial charge in [-0.15, -0.1) is 0 Å². The lowest BCUT2D eigenvalue weighted by molar-refractivity contribution is 0.0953. The van der Waals surface area contributed by atoms with E-state index in [-0.39, 0.29) is 17.6 Å². The molecule has 2 amide bonds. The largest absolute Gasteiger partial charge is 0.497 e. The van der Waals surface area contributed by atoms with Gasteiger partial charge in [-0.25, -0.2) is 5.43 Å². The second-order valence-corrected chi connectivity index (χ2v) is 7.76. The number of furan rings is 1. The Balaban J connectivity index is 1.56. The molecule has 3 aromatic rings. The number of amides is 2. The second kappa shape index (κ2) is 9.09. The zero-order valence-corrected chi connectivity index (χ0v) is 18.3. The fourth-order valence-electron chi connectivity index (χ4n) is 3.85. The van der Waals surface area contributed by atoms with E-state index in [1.165, 1.54) is 0 Å². The minimum Gasteiger partial charge on any atom is -0.497 e. The SMILES string of the molecule is COc1cccc(C(=O)N/N=C2\CCCc3oc(C(=O)Nc4cccc(C)c4)c(C)c32)c1. The van der Waals surface area contributed by atoms with Crippen molar-refractivity contribution < 1.29 is 18.7 Å². The number of fused-ring (bicyclic) bond motifs is 1. The number of hydrogen-bond donors (Lipinski definition) is 2. The Bertz CT molecular complexity index is 1210. The number of methoxy groups -OCH3 is 1. The van der Waals surface area contributed by atoms with Gasteiger partial charge >= 0.3 is 0 Å². The third kappa shape index (κ3) is 4.42. The molecule has 0 unspecified atom stereocenters. The highest BCUT2D eigenvalue weighted by atomic mass is 16.5. The number of hydrazone groups is 1. The number of benzene rings is 2. The number of carbonyl (C=O) groups excluding carboxylic acids is 2. The van der Waals surface area contributed by atoms with Crippen molar-refractivity contribution in [2.45, 2.75) is 33.1 Å². The molecule has 1 aliphatic carbocycles. The molecule has 7 heteroatoms. The molecule has 4 rings (SSSR count). The lowest BCUT2D eigenvalue weighted by atomic mass is 9.93. The Morgan fingerprint density at radius 3 is 2.62 bits per heavy atom. The number of carbonyl (C=O) groups is 2. The van der Waals surface area contributed by atoms with Crippen LogP contribution in [0.4, 0.5) is 5.69 Å². The summed E-state index contributed by atoms with van der Waals surface area (Å²) in [5.74, 6) is 0.951. The lowest BCUT2D eigenvalue weighted by Gasteiger charge is -2.13. The molecule has 0 radical (unpaired) electrons. The van der Waals surface area contributed by atoms with E-state index in [1.54, 1.807) is 31.4 Å². The fourth-order valence-corrected chi connectivity index (χ4v) is 3.85. The summed E-state index contributed by atoms with van der Waals surface area (Å²) in [5.41, 5.74) is 7.07. The van der Waals surface area contributed by atoms with Crippen molar-refractivity contribution in [1.82, 2.24) is 5.43 Å². The van der Waals surface area contributed by atoms with Gasteiger partial charge in [0.1, 0.15) is 11.5 Å². The van der Waals surface area contributed by atoms with E-state index < -0.39 is 0 Å². The van der Waals surface area contributed by atoms with Crippen molar-refractivity contribution in [2.75, 3.05) is 12.4 Å². The van der Waals surface area contributed by atoms with Crippen LogP contribution < -0.4 is 15.5 Å². The first-order valence-corrected chi connectivity index (χ1v) is 10.5. The zero-order chi connectivity index (χ0) is 22.7. The first kappa shape index (κ1) is 21.4. The summed E-state index contributed by atoms with van der Waals surface area (Å²) in [6.45, 7) is 3.81. The quantitative estimate of drug-likeness (QED) is 0.576. The van der Waals surface area contributed by atoms with Crippen molar-refractivity contribution in [1.29, 1.82) is 0 Å². The predicted molar refractivity (Wildman–Crippen MR) is 123 cm³/mol. The van der Waals surface area contributed by atoms with Crippen molar-refractivity contribution in [3.8, 4) is 5.75 Å². The fraction of sp³-hybridized carbons (Fsp3) is 0.240. The molecular weight excluding hydrogens is 406 g/mol. The summed E-state index contributed by atoms with van der Waals surface area (Å²) in [4.78, 5) is 25.4. The van der Waals surface area contributed by atoms with E-state index in [1.807, 2.05) is 38.1 Å². The number of rotatable bonds is 5. The van der Waals surface area contributed by atoms with Crippen LogP contribution in [0.5, 0.6) is 5.75 Å². The highest BCUT2D eigenvalue weighted by Crippen LogP contribution is 2.30. The maximum absolute atomic E-state index is 12.9. The Hall–Kier alpha value is -3.87. The van der Waals surface area contributed by atoms with Gasteiger partial charge < -0.3 is 14.5 Å². The normalized spacial score (nSPS) is 14.0. The molecule has 2 aromatic carbocycles. The molecule has 164 valence electrons. The first-order valence-electron chi connectivity index (χ1n) is 10.5. The van der Waals surface area contributed by atoms with Gasteiger partial charge in [0.25, 0.3) is 11.8 Å². The highest BCUT2D eigenvalue weighted by molar-refractivity contribution is 6.09.